The van der Waals surface area contributed by atoms with Gasteiger partial charge >= 0.3 is 29.6 Å². The van der Waals surface area contributed by atoms with Crippen molar-refractivity contribution in [2.24, 2.45) is 0 Å². The van der Waals surface area contributed by atoms with E-state index in [1.807, 2.05) is 0 Å². The first-order chi connectivity index (χ1) is 3.48. The fourth-order valence-corrected chi connectivity index (χ4v) is 0.433. The van der Waals surface area contributed by atoms with Crippen molar-refractivity contribution < 1.29 is 42.5 Å². The Morgan fingerprint density at radius 2 is 1.89 bits per heavy atom. The zero-order chi connectivity index (χ0) is 6.78. The van der Waals surface area contributed by atoms with Gasteiger partial charge in [-0.3, -0.25) is 0 Å². The Morgan fingerprint density at radius 1 is 1.56 bits per heavy atom. The number of hydrogen-bond donors (Lipinski definition) is 0. The molecule has 5 heteroatoms. The predicted octanol–water partition coefficient (Wildman–Crippen LogP) is -2.54. The van der Waals surface area contributed by atoms with E-state index in [4.69, 9.17) is 0 Å². The summed E-state index contributed by atoms with van der Waals surface area (Å²) in [5.74, 6) is 0. The molecule has 0 radical (unpaired) electrons. The van der Waals surface area contributed by atoms with E-state index in [1.165, 1.54) is 19.9 Å². The van der Waals surface area contributed by atoms with Crippen LogP contribution in [0, 0.1) is 0 Å². The second-order valence-electron chi connectivity index (χ2n) is 1.35. The van der Waals surface area contributed by atoms with Crippen LogP contribution in [0.1, 0.15) is 13.8 Å². The quantitative estimate of drug-likeness (QED) is 0.312. The minimum Gasteiger partial charge on any atom is -0.744 e. The van der Waals surface area contributed by atoms with Gasteiger partial charge in [-0.15, -0.1) is 0 Å². The van der Waals surface area contributed by atoms with Crippen molar-refractivity contribution in [2.75, 3.05) is 0 Å². The number of allylic oxidation sites excluding steroid dienone is 2. The van der Waals surface area contributed by atoms with Crippen LogP contribution in [0.3, 0.4) is 0 Å². The smallest absolute Gasteiger partial charge is 0.744 e. The van der Waals surface area contributed by atoms with Crippen LogP contribution in [0.5, 0.6) is 0 Å². The molecule has 0 spiro atoms. The van der Waals surface area contributed by atoms with Gasteiger partial charge in [-0.1, -0.05) is 6.08 Å². The first kappa shape index (κ1) is 12.3. The normalized spacial score (nSPS) is 12.6. The summed E-state index contributed by atoms with van der Waals surface area (Å²) in [4.78, 5) is -0.127. The molecule has 0 aromatic heterocycles. The van der Waals surface area contributed by atoms with Crippen LogP contribution in [0.15, 0.2) is 11.0 Å². The van der Waals surface area contributed by atoms with Crippen molar-refractivity contribution in [3.8, 4) is 0 Å². The van der Waals surface area contributed by atoms with E-state index in [9.17, 15) is 13.0 Å². The summed E-state index contributed by atoms with van der Waals surface area (Å²) >= 11 is 0. The Bertz CT molecular complexity index is 192. The van der Waals surface area contributed by atoms with Crippen molar-refractivity contribution in [1.82, 2.24) is 0 Å². The third-order valence-electron chi connectivity index (χ3n) is 0.801. The molecule has 0 N–H and O–H groups in total. The molecule has 0 unspecified atom stereocenters. The maximum absolute atomic E-state index is 9.94. The third kappa shape index (κ3) is 5.11. The van der Waals surface area contributed by atoms with E-state index in [-0.39, 0.29) is 34.5 Å². The van der Waals surface area contributed by atoms with Crippen molar-refractivity contribution in [1.29, 1.82) is 0 Å². The molecule has 0 aliphatic carbocycles. The summed E-state index contributed by atoms with van der Waals surface area (Å²) in [7, 11) is -4.14. The number of rotatable bonds is 1. The zero-order valence-electron chi connectivity index (χ0n) is 5.71. The van der Waals surface area contributed by atoms with Gasteiger partial charge < -0.3 is 4.55 Å². The molecule has 0 aromatic rings. The van der Waals surface area contributed by atoms with Crippen molar-refractivity contribution in [3.05, 3.63) is 11.0 Å². The van der Waals surface area contributed by atoms with Crippen LogP contribution in [-0.2, 0) is 10.1 Å². The fraction of sp³-hybridized carbons (Fsp3) is 0.500. The third-order valence-corrected chi connectivity index (χ3v) is 1.83. The molecule has 0 atom stereocenters. The molecule has 3 nitrogen and oxygen atoms in total. The van der Waals surface area contributed by atoms with E-state index >= 15 is 0 Å². The van der Waals surface area contributed by atoms with Crippen LogP contribution >= 0.6 is 0 Å². The first-order valence-corrected chi connectivity index (χ1v) is 3.48. The molecule has 0 saturated carbocycles. The van der Waals surface area contributed by atoms with Gasteiger partial charge in [-0.05, 0) is 13.8 Å². The number of hydrogen-bond acceptors (Lipinski definition) is 3. The second-order valence-corrected chi connectivity index (χ2v) is 2.91. The minimum atomic E-state index is -4.14. The van der Waals surface area contributed by atoms with Gasteiger partial charge in [0.1, 0.15) is 10.1 Å². The predicted molar refractivity (Wildman–Crippen MR) is 29.1 cm³/mol. The summed E-state index contributed by atoms with van der Waals surface area (Å²) in [6.07, 6.45) is 1.27. The Labute approximate surface area is 77.2 Å². The topological polar surface area (TPSA) is 57.2 Å². The molecular weight excluding hydrogens is 151 g/mol. The molecule has 0 aliphatic heterocycles. The Balaban J connectivity index is 0. The summed E-state index contributed by atoms with van der Waals surface area (Å²) in [5.41, 5.74) is 0. The van der Waals surface area contributed by atoms with Crippen molar-refractivity contribution in [2.45, 2.75) is 13.8 Å². The maximum atomic E-state index is 9.94. The molecule has 0 heterocycles. The Kier molecular flexibility index (Phi) is 6.12. The summed E-state index contributed by atoms with van der Waals surface area (Å²) in [6.45, 7) is 2.77. The summed E-state index contributed by atoms with van der Waals surface area (Å²) < 4.78 is 29.8. The molecular formula is C4H7NaO3S. The Hall–Kier alpha value is 0.650. The van der Waals surface area contributed by atoms with Crippen molar-refractivity contribution >= 4 is 10.1 Å². The largest absolute Gasteiger partial charge is 1.00 e. The molecule has 0 bridgehead atoms. The first-order valence-electron chi connectivity index (χ1n) is 2.07. The van der Waals surface area contributed by atoms with E-state index in [0.717, 1.165) is 0 Å². The van der Waals surface area contributed by atoms with Gasteiger partial charge in [-0.2, -0.15) is 0 Å². The van der Waals surface area contributed by atoms with Crippen LogP contribution in [0.2, 0.25) is 0 Å². The van der Waals surface area contributed by atoms with Crippen LogP contribution in [-0.4, -0.2) is 13.0 Å². The molecule has 0 saturated heterocycles. The summed E-state index contributed by atoms with van der Waals surface area (Å²) in [5, 5.41) is 0. The van der Waals surface area contributed by atoms with Gasteiger partial charge in [0.15, 0.2) is 0 Å². The van der Waals surface area contributed by atoms with Gasteiger partial charge in [0.25, 0.3) is 0 Å². The molecule has 0 rings (SSSR count). The zero-order valence-corrected chi connectivity index (χ0v) is 8.53. The van der Waals surface area contributed by atoms with Gasteiger partial charge in [0.2, 0.25) is 0 Å². The second kappa shape index (κ2) is 4.46. The molecule has 0 fully saturated rings. The van der Waals surface area contributed by atoms with E-state index in [2.05, 4.69) is 0 Å². The fourth-order valence-electron chi connectivity index (χ4n) is 0.144. The minimum absolute atomic E-state index is 0. The molecule has 9 heavy (non-hydrogen) atoms. The van der Waals surface area contributed by atoms with Gasteiger partial charge in [0, 0.05) is 4.91 Å². The SMILES string of the molecule is CC=C(C)S(=O)(=O)[O-].[Na+]. The molecule has 0 amide bonds. The average molecular weight is 158 g/mol. The average Bonchev–Trinajstić information content (AvgIpc) is 1.62. The Morgan fingerprint density at radius 3 is 1.89 bits per heavy atom. The monoisotopic (exact) mass is 158 g/mol. The van der Waals surface area contributed by atoms with Gasteiger partial charge in [0.05, 0.1) is 0 Å². The maximum Gasteiger partial charge on any atom is 1.00 e. The van der Waals surface area contributed by atoms with Crippen LogP contribution in [0.4, 0.5) is 0 Å². The van der Waals surface area contributed by atoms with Crippen LogP contribution < -0.4 is 29.6 Å². The molecule has 0 aromatic carbocycles. The molecule has 48 valence electrons. The van der Waals surface area contributed by atoms with E-state index in [1.54, 1.807) is 0 Å². The summed E-state index contributed by atoms with van der Waals surface area (Å²) in [6, 6.07) is 0. The van der Waals surface area contributed by atoms with Crippen molar-refractivity contribution in [3.63, 3.8) is 0 Å². The molecule has 0 aliphatic rings. The van der Waals surface area contributed by atoms with Gasteiger partial charge in [-0.25, -0.2) is 8.42 Å². The van der Waals surface area contributed by atoms with E-state index in [0.29, 0.717) is 0 Å². The van der Waals surface area contributed by atoms with E-state index < -0.39 is 10.1 Å². The standard InChI is InChI=1S/C4H8O3S.Na/c1-3-4(2)8(5,6)7;/h3H,1-2H3,(H,5,6,7);/q;+1/p-1. The van der Waals surface area contributed by atoms with Crippen LogP contribution in [0.25, 0.3) is 0 Å².